The number of hydrogen-bond acceptors (Lipinski definition) is 5. The molecule has 31 heavy (non-hydrogen) atoms. The fourth-order valence-electron chi connectivity index (χ4n) is 4.72. The van der Waals surface area contributed by atoms with E-state index >= 15 is 0 Å². The summed E-state index contributed by atoms with van der Waals surface area (Å²) in [6.45, 7) is 8.15. The first-order valence-corrected chi connectivity index (χ1v) is 10.7. The normalized spacial score (nSPS) is 14.3. The van der Waals surface area contributed by atoms with Gasteiger partial charge in [0.05, 0.1) is 18.3 Å². The number of phenols is 1. The van der Waals surface area contributed by atoms with Crippen molar-refractivity contribution in [3.05, 3.63) is 76.9 Å². The van der Waals surface area contributed by atoms with Gasteiger partial charge in [-0.3, -0.25) is 0 Å². The Kier molecular flexibility index (Phi) is 4.62. The van der Waals surface area contributed by atoms with Crippen molar-refractivity contribution < 1.29 is 14.6 Å². The minimum absolute atomic E-state index is 0.163. The highest BCUT2D eigenvalue weighted by atomic mass is 16.5. The third-order valence-corrected chi connectivity index (χ3v) is 6.01. The Morgan fingerprint density at radius 2 is 1.65 bits per heavy atom. The van der Waals surface area contributed by atoms with Crippen LogP contribution >= 0.6 is 0 Å². The Morgan fingerprint density at radius 1 is 0.968 bits per heavy atom. The lowest BCUT2D eigenvalue weighted by Crippen LogP contribution is -2.46. The quantitative estimate of drug-likeness (QED) is 0.595. The number of fused-ring (bicyclic) bond motifs is 6. The van der Waals surface area contributed by atoms with Crippen molar-refractivity contribution in [2.24, 2.45) is 0 Å². The van der Waals surface area contributed by atoms with E-state index in [0.29, 0.717) is 11.3 Å². The third-order valence-electron chi connectivity index (χ3n) is 6.01. The van der Waals surface area contributed by atoms with E-state index in [4.69, 9.17) is 4.74 Å². The molecule has 2 aliphatic heterocycles. The first kappa shape index (κ1) is 19.5. The Bertz CT molecular complexity index is 1190. The number of carbonyl (C=O) groups excluding carboxylic acids is 1. The average molecular weight is 415 g/mol. The van der Waals surface area contributed by atoms with Gasteiger partial charge in [-0.15, -0.1) is 0 Å². The van der Waals surface area contributed by atoms with Crippen LogP contribution in [-0.2, 0) is 17.8 Å². The van der Waals surface area contributed by atoms with Crippen LogP contribution in [0, 0.1) is 6.92 Å². The molecule has 0 saturated heterocycles. The molecule has 0 unspecified atom stereocenters. The van der Waals surface area contributed by atoms with Crippen LogP contribution < -0.4 is 9.80 Å². The molecule has 0 radical (unpaired) electrons. The number of hydrogen-bond donors (Lipinski definition) is 1. The number of anilines is 2. The number of nitrogens with zero attached hydrogens (tertiary/aromatic N) is 2. The molecule has 158 valence electrons. The highest BCUT2D eigenvalue weighted by Crippen LogP contribution is 2.41. The van der Waals surface area contributed by atoms with Crippen molar-refractivity contribution >= 4 is 17.3 Å². The zero-order valence-corrected chi connectivity index (χ0v) is 18.1. The van der Waals surface area contributed by atoms with Gasteiger partial charge in [-0.25, -0.2) is 4.79 Å². The Morgan fingerprint density at radius 3 is 2.35 bits per heavy atom. The minimum Gasteiger partial charge on any atom is -0.508 e. The number of ether oxygens (including phenoxy) is 1. The molecule has 0 fully saturated rings. The van der Waals surface area contributed by atoms with Gasteiger partial charge in [0.2, 0.25) is 0 Å². The summed E-state index contributed by atoms with van der Waals surface area (Å²) in [6.07, 6.45) is -0.163. The second kappa shape index (κ2) is 7.34. The van der Waals surface area contributed by atoms with Crippen molar-refractivity contribution in [2.45, 2.75) is 40.0 Å². The van der Waals surface area contributed by atoms with Gasteiger partial charge >= 0.3 is 5.97 Å². The molecule has 2 aliphatic rings. The average Bonchev–Trinajstić information content (AvgIpc) is 2.72. The summed E-state index contributed by atoms with van der Waals surface area (Å²) in [7, 11) is 0. The van der Waals surface area contributed by atoms with E-state index in [1.54, 1.807) is 6.07 Å². The van der Waals surface area contributed by atoms with Crippen molar-refractivity contribution in [1.29, 1.82) is 0 Å². The van der Waals surface area contributed by atoms with Crippen LogP contribution in [-0.4, -0.2) is 23.8 Å². The van der Waals surface area contributed by atoms with E-state index in [-0.39, 0.29) is 12.1 Å². The molecule has 0 atom stereocenters. The summed E-state index contributed by atoms with van der Waals surface area (Å²) >= 11 is 0. The van der Waals surface area contributed by atoms with Crippen LogP contribution in [0.25, 0.3) is 11.1 Å². The molecule has 1 N–H and O–H groups in total. The van der Waals surface area contributed by atoms with Gasteiger partial charge in [0.1, 0.15) is 5.75 Å². The van der Waals surface area contributed by atoms with E-state index in [2.05, 4.69) is 28.0 Å². The monoisotopic (exact) mass is 414 g/mol. The predicted molar refractivity (Wildman–Crippen MR) is 123 cm³/mol. The Labute approximate surface area is 182 Å². The smallest absolute Gasteiger partial charge is 0.339 e. The maximum atomic E-state index is 12.8. The summed E-state index contributed by atoms with van der Waals surface area (Å²) in [5, 5.41) is 9.89. The molecule has 3 aromatic rings. The molecule has 0 amide bonds. The number of phenolic OH excluding ortho intramolecular Hbond substituents is 1. The van der Waals surface area contributed by atoms with Crippen molar-refractivity contribution in [3.63, 3.8) is 0 Å². The van der Waals surface area contributed by atoms with Crippen molar-refractivity contribution in [2.75, 3.05) is 16.5 Å². The topological polar surface area (TPSA) is 53.0 Å². The van der Waals surface area contributed by atoms with Crippen LogP contribution in [0.5, 0.6) is 5.75 Å². The minimum atomic E-state index is -0.287. The van der Waals surface area contributed by atoms with Crippen molar-refractivity contribution in [3.8, 4) is 16.9 Å². The van der Waals surface area contributed by atoms with Gasteiger partial charge in [-0.05, 0) is 85.0 Å². The third kappa shape index (κ3) is 3.40. The molecule has 5 heteroatoms. The molecular formula is C26H26N2O3. The van der Waals surface area contributed by atoms with E-state index in [1.165, 1.54) is 16.9 Å². The summed E-state index contributed by atoms with van der Waals surface area (Å²) < 4.78 is 5.50. The molecule has 5 rings (SSSR count). The van der Waals surface area contributed by atoms with Crippen LogP contribution in [0.2, 0.25) is 0 Å². The largest absolute Gasteiger partial charge is 0.508 e. The van der Waals surface area contributed by atoms with Crippen molar-refractivity contribution in [1.82, 2.24) is 0 Å². The summed E-state index contributed by atoms with van der Waals surface area (Å²) in [5.41, 5.74) is 8.35. The van der Waals surface area contributed by atoms with Gasteiger partial charge in [0, 0.05) is 24.5 Å². The van der Waals surface area contributed by atoms with Gasteiger partial charge in [0.25, 0.3) is 0 Å². The van der Waals surface area contributed by atoms with E-state index < -0.39 is 0 Å². The Hall–Kier alpha value is -3.47. The van der Waals surface area contributed by atoms with Gasteiger partial charge in [-0.1, -0.05) is 18.2 Å². The van der Waals surface area contributed by atoms with E-state index in [1.807, 2.05) is 51.1 Å². The maximum Gasteiger partial charge on any atom is 0.339 e. The lowest BCUT2D eigenvalue weighted by molar-refractivity contribution is 0.0378. The van der Waals surface area contributed by atoms with Crippen LogP contribution in [0.3, 0.4) is 0 Å². The molecule has 0 spiro atoms. The summed E-state index contributed by atoms with van der Waals surface area (Å²) in [4.78, 5) is 17.4. The van der Waals surface area contributed by atoms with E-state index in [0.717, 1.165) is 42.0 Å². The zero-order chi connectivity index (χ0) is 21.7. The van der Waals surface area contributed by atoms with Crippen LogP contribution in [0.15, 0.2) is 54.6 Å². The second-order valence-corrected chi connectivity index (χ2v) is 8.65. The zero-order valence-electron chi connectivity index (χ0n) is 18.1. The fourth-order valence-corrected chi connectivity index (χ4v) is 4.72. The lowest BCUT2D eigenvalue weighted by atomic mass is 9.92. The predicted octanol–water partition coefficient (Wildman–Crippen LogP) is 5.23. The lowest BCUT2D eigenvalue weighted by Gasteiger charge is -2.45. The molecule has 2 bridgehead atoms. The molecule has 3 aromatic carbocycles. The SMILES string of the molecule is Cc1cccc(C(=O)OC(C)C)c1-c1ccc2c(c1)CN1CN2Cc2cc(O)ccc21. The Balaban J connectivity index is 1.55. The standard InChI is InChI=1S/C26H26N2O3/c1-16(2)31-26(30)22-6-4-5-17(3)25(22)18-7-9-23-19(11-18)13-27-15-28(23)14-20-12-21(29)8-10-24(20)27/h4-12,16,29H,13-15H2,1-3H3. The van der Waals surface area contributed by atoms with E-state index in [9.17, 15) is 9.90 Å². The van der Waals surface area contributed by atoms with Gasteiger partial charge in [-0.2, -0.15) is 0 Å². The highest BCUT2D eigenvalue weighted by molar-refractivity contribution is 5.98. The molecular weight excluding hydrogens is 388 g/mol. The fraction of sp³-hybridized carbons (Fsp3) is 0.269. The number of carbonyl (C=O) groups is 1. The van der Waals surface area contributed by atoms with Gasteiger partial charge in [0.15, 0.2) is 0 Å². The number of benzene rings is 3. The number of esters is 1. The summed E-state index contributed by atoms with van der Waals surface area (Å²) in [6, 6.07) is 17.8. The number of rotatable bonds is 3. The summed E-state index contributed by atoms with van der Waals surface area (Å²) in [5.74, 6) is 0.0154. The number of aryl methyl sites for hydroxylation is 1. The molecule has 0 saturated carbocycles. The maximum absolute atomic E-state index is 12.8. The number of aromatic hydroxyl groups is 1. The molecule has 0 aliphatic carbocycles. The molecule has 0 aromatic heterocycles. The molecule has 2 heterocycles. The van der Waals surface area contributed by atoms with Crippen LogP contribution in [0.1, 0.15) is 40.9 Å². The van der Waals surface area contributed by atoms with Crippen LogP contribution in [0.4, 0.5) is 11.4 Å². The first-order valence-electron chi connectivity index (χ1n) is 10.7. The highest BCUT2D eigenvalue weighted by Gasteiger charge is 2.30. The van der Waals surface area contributed by atoms with Gasteiger partial charge < -0.3 is 19.6 Å². The molecule has 5 nitrogen and oxygen atoms in total. The first-order chi connectivity index (χ1) is 14.9. The second-order valence-electron chi connectivity index (χ2n) is 8.65.